The predicted molar refractivity (Wildman–Crippen MR) is 96.8 cm³/mol. The quantitative estimate of drug-likeness (QED) is 0.928. The molecule has 5 heteroatoms. The number of benzene rings is 1. The maximum atomic E-state index is 11.6. The van der Waals surface area contributed by atoms with Crippen molar-refractivity contribution in [3.63, 3.8) is 0 Å². The van der Waals surface area contributed by atoms with E-state index in [1.165, 1.54) is 16.3 Å². The topological polar surface area (TPSA) is 68.5 Å². The second-order valence-corrected chi connectivity index (χ2v) is 7.30. The van der Waals surface area contributed by atoms with E-state index in [1.807, 2.05) is 12.4 Å². The number of aromatic nitrogens is 1. The van der Waals surface area contributed by atoms with Crippen molar-refractivity contribution in [2.24, 2.45) is 17.6 Å². The number of amides is 1. The van der Waals surface area contributed by atoms with Gasteiger partial charge in [-0.25, -0.2) is 0 Å². The number of hydrogen-bond acceptors (Lipinski definition) is 4. The van der Waals surface area contributed by atoms with E-state index in [0.717, 1.165) is 38.9 Å². The molecule has 1 aromatic heterocycles. The van der Waals surface area contributed by atoms with Crippen LogP contribution in [0.2, 0.25) is 0 Å². The Morgan fingerprint density at radius 2 is 2.04 bits per heavy atom. The minimum atomic E-state index is -0.199. The normalized spacial score (nSPS) is 25.4. The summed E-state index contributed by atoms with van der Waals surface area (Å²) < 4.78 is 5.84. The van der Waals surface area contributed by atoms with Gasteiger partial charge >= 0.3 is 0 Å². The van der Waals surface area contributed by atoms with Crippen molar-refractivity contribution in [2.75, 3.05) is 19.7 Å². The van der Waals surface area contributed by atoms with Crippen molar-refractivity contribution in [2.45, 2.75) is 31.9 Å². The van der Waals surface area contributed by atoms with Crippen LogP contribution in [0.3, 0.4) is 0 Å². The molecule has 2 N–H and O–H groups in total. The van der Waals surface area contributed by atoms with Crippen LogP contribution in [0.25, 0.3) is 10.8 Å². The first kappa shape index (κ1) is 16.5. The summed E-state index contributed by atoms with van der Waals surface area (Å²) >= 11 is 0. The fourth-order valence-electron chi connectivity index (χ4n) is 4.31. The lowest BCUT2D eigenvalue weighted by molar-refractivity contribution is -0.124. The Kier molecular flexibility index (Phi) is 4.68. The standard InChI is InChI=1S/C20H25N3O2/c21-20(24)18-6-10-25-19(18)15-4-8-23(9-5-15)13-14-1-2-17-12-22-7-3-16(17)11-14/h1-3,7,11-12,15,18-19H,4-6,8-10,13H2,(H2,21,24)/t18-,19+/m0/s1. The molecule has 4 rings (SSSR count). The lowest BCUT2D eigenvalue weighted by Crippen LogP contribution is -2.41. The van der Waals surface area contributed by atoms with Gasteiger partial charge in [0.15, 0.2) is 0 Å². The van der Waals surface area contributed by atoms with Crippen LogP contribution in [0.1, 0.15) is 24.8 Å². The fourth-order valence-corrected chi connectivity index (χ4v) is 4.31. The molecule has 2 aliphatic heterocycles. The SMILES string of the molecule is NC(=O)[C@H]1CCO[C@@H]1C1CCN(Cc2ccc3cnccc3c2)CC1. The van der Waals surface area contributed by atoms with Crippen molar-refractivity contribution < 1.29 is 9.53 Å². The number of nitrogens with zero attached hydrogens (tertiary/aromatic N) is 2. The van der Waals surface area contributed by atoms with Gasteiger partial charge in [-0.05, 0) is 61.4 Å². The van der Waals surface area contributed by atoms with Crippen LogP contribution in [0.15, 0.2) is 36.7 Å². The monoisotopic (exact) mass is 339 g/mol. The Bertz CT molecular complexity index is 755. The molecule has 2 aromatic rings. The van der Waals surface area contributed by atoms with Gasteiger partial charge in [0, 0.05) is 30.9 Å². The molecule has 0 saturated carbocycles. The molecule has 1 amide bonds. The number of rotatable bonds is 4. The number of fused-ring (bicyclic) bond motifs is 1. The van der Waals surface area contributed by atoms with E-state index in [4.69, 9.17) is 10.5 Å². The average Bonchev–Trinajstić information content (AvgIpc) is 3.12. The van der Waals surface area contributed by atoms with E-state index >= 15 is 0 Å². The highest BCUT2D eigenvalue weighted by Crippen LogP contribution is 2.33. The number of nitrogens with two attached hydrogens (primary N) is 1. The lowest BCUT2D eigenvalue weighted by atomic mass is 9.84. The third-order valence-corrected chi connectivity index (χ3v) is 5.71. The molecular formula is C20H25N3O2. The van der Waals surface area contributed by atoms with Gasteiger partial charge in [0.1, 0.15) is 0 Å². The summed E-state index contributed by atoms with van der Waals surface area (Å²) in [6.45, 7) is 3.73. The molecule has 1 aromatic carbocycles. The second kappa shape index (κ2) is 7.10. The van der Waals surface area contributed by atoms with Crippen molar-refractivity contribution >= 4 is 16.7 Å². The number of likely N-dealkylation sites (tertiary alicyclic amines) is 1. The van der Waals surface area contributed by atoms with Crippen molar-refractivity contribution in [3.05, 3.63) is 42.2 Å². The summed E-state index contributed by atoms with van der Waals surface area (Å²) in [5.41, 5.74) is 6.87. The van der Waals surface area contributed by atoms with Crippen LogP contribution in [0, 0.1) is 11.8 Å². The number of pyridine rings is 1. The number of hydrogen-bond donors (Lipinski definition) is 1. The van der Waals surface area contributed by atoms with E-state index in [-0.39, 0.29) is 17.9 Å². The molecule has 25 heavy (non-hydrogen) atoms. The summed E-state index contributed by atoms with van der Waals surface area (Å²) in [4.78, 5) is 18.3. The van der Waals surface area contributed by atoms with Crippen molar-refractivity contribution in [3.8, 4) is 0 Å². The molecule has 0 unspecified atom stereocenters. The largest absolute Gasteiger partial charge is 0.377 e. The minimum absolute atomic E-state index is 0.0350. The van der Waals surface area contributed by atoms with Crippen molar-refractivity contribution in [1.82, 2.24) is 9.88 Å². The van der Waals surface area contributed by atoms with Crippen LogP contribution < -0.4 is 5.73 Å². The molecule has 0 bridgehead atoms. The average molecular weight is 339 g/mol. The number of ether oxygens (including phenoxy) is 1. The molecule has 132 valence electrons. The van der Waals surface area contributed by atoms with Gasteiger partial charge < -0.3 is 10.5 Å². The summed E-state index contributed by atoms with van der Waals surface area (Å²) in [6, 6.07) is 8.66. The first-order valence-corrected chi connectivity index (χ1v) is 9.16. The van der Waals surface area contributed by atoms with Gasteiger partial charge in [-0.15, -0.1) is 0 Å². The van der Waals surface area contributed by atoms with Crippen LogP contribution in [0.5, 0.6) is 0 Å². The van der Waals surface area contributed by atoms with Gasteiger partial charge in [0.05, 0.1) is 12.0 Å². The van der Waals surface area contributed by atoms with Crippen LogP contribution in [0.4, 0.5) is 0 Å². The zero-order valence-corrected chi connectivity index (χ0v) is 14.4. The Morgan fingerprint density at radius 1 is 1.20 bits per heavy atom. The van der Waals surface area contributed by atoms with Gasteiger partial charge in [0.2, 0.25) is 5.91 Å². The number of piperidine rings is 1. The highest BCUT2D eigenvalue weighted by atomic mass is 16.5. The van der Waals surface area contributed by atoms with Crippen LogP contribution >= 0.6 is 0 Å². The smallest absolute Gasteiger partial charge is 0.223 e. The number of primary amides is 1. The highest BCUT2D eigenvalue weighted by Gasteiger charge is 2.39. The van der Waals surface area contributed by atoms with E-state index in [9.17, 15) is 4.79 Å². The van der Waals surface area contributed by atoms with Gasteiger partial charge in [-0.1, -0.05) is 12.1 Å². The summed E-state index contributed by atoms with van der Waals surface area (Å²) in [7, 11) is 0. The maximum Gasteiger partial charge on any atom is 0.223 e. The van der Waals surface area contributed by atoms with E-state index < -0.39 is 0 Å². The first-order chi connectivity index (χ1) is 12.2. The zero-order valence-electron chi connectivity index (χ0n) is 14.4. The van der Waals surface area contributed by atoms with Gasteiger partial charge in [-0.3, -0.25) is 14.7 Å². The molecule has 2 atom stereocenters. The maximum absolute atomic E-state index is 11.6. The molecule has 2 saturated heterocycles. The number of carbonyl (C=O) groups excluding carboxylic acids is 1. The molecular weight excluding hydrogens is 314 g/mol. The van der Waals surface area contributed by atoms with Crippen LogP contribution in [-0.4, -0.2) is 41.6 Å². The van der Waals surface area contributed by atoms with E-state index in [2.05, 4.69) is 34.1 Å². The lowest BCUT2D eigenvalue weighted by Gasteiger charge is -2.35. The van der Waals surface area contributed by atoms with Gasteiger partial charge in [0.25, 0.3) is 0 Å². The second-order valence-electron chi connectivity index (χ2n) is 7.30. The Balaban J connectivity index is 1.36. The molecule has 2 aliphatic rings. The van der Waals surface area contributed by atoms with E-state index in [1.54, 1.807) is 0 Å². The van der Waals surface area contributed by atoms with Crippen molar-refractivity contribution in [1.29, 1.82) is 0 Å². The van der Waals surface area contributed by atoms with Crippen LogP contribution in [-0.2, 0) is 16.1 Å². The minimum Gasteiger partial charge on any atom is -0.377 e. The molecule has 0 aliphatic carbocycles. The molecule has 3 heterocycles. The summed E-state index contributed by atoms with van der Waals surface area (Å²) in [5, 5.41) is 2.42. The molecule has 0 radical (unpaired) electrons. The Hall–Kier alpha value is -1.98. The zero-order chi connectivity index (χ0) is 17.2. The molecule has 0 spiro atoms. The van der Waals surface area contributed by atoms with Gasteiger partial charge in [-0.2, -0.15) is 0 Å². The number of carbonyl (C=O) groups is 1. The summed E-state index contributed by atoms with van der Waals surface area (Å²) in [5.74, 6) is 0.167. The third kappa shape index (κ3) is 3.53. The summed E-state index contributed by atoms with van der Waals surface area (Å²) in [6.07, 6.45) is 6.72. The molecule has 2 fully saturated rings. The van der Waals surface area contributed by atoms with E-state index in [0.29, 0.717) is 12.5 Å². The first-order valence-electron chi connectivity index (χ1n) is 9.16. The Labute approximate surface area is 148 Å². The molecule has 5 nitrogen and oxygen atoms in total. The fraction of sp³-hybridized carbons (Fsp3) is 0.500. The Morgan fingerprint density at radius 3 is 2.84 bits per heavy atom. The highest BCUT2D eigenvalue weighted by molar-refractivity contribution is 5.82. The predicted octanol–water partition coefficient (Wildman–Crippen LogP) is 2.34. The third-order valence-electron chi connectivity index (χ3n) is 5.71.